The van der Waals surface area contributed by atoms with E-state index in [1.807, 2.05) is 0 Å². The van der Waals surface area contributed by atoms with E-state index >= 15 is 0 Å². The van der Waals surface area contributed by atoms with Gasteiger partial charge in [-0.1, -0.05) is 35.3 Å². The fourth-order valence-corrected chi connectivity index (χ4v) is 0.945. The third kappa shape index (κ3) is 2.57. The minimum absolute atomic E-state index is 0. The summed E-state index contributed by atoms with van der Waals surface area (Å²) in [5.74, 6) is 0. The van der Waals surface area contributed by atoms with Gasteiger partial charge in [0.2, 0.25) is 0 Å². The molecular weight excluding hydrogens is 198 g/mol. The Morgan fingerprint density at radius 2 is 2.10 bits per heavy atom. The van der Waals surface area contributed by atoms with Crippen molar-refractivity contribution in [2.24, 2.45) is 0 Å². The van der Waals surface area contributed by atoms with Gasteiger partial charge < -0.3 is 12.6 Å². The molecule has 0 N–H and O–H groups in total. The molecular formula is C6H3Cl2NaS. The summed E-state index contributed by atoms with van der Waals surface area (Å²) in [5.41, 5.74) is 0. The van der Waals surface area contributed by atoms with Crippen molar-refractivity contribution in [1.29, 1.82) is 0 Å². The maximum Gasteiger partial charge on any atom is 1.00 e. The van der Waals surface area contributed by atoms with E-state index in [4.69, 9.17) is 37.2 Å². The number of halogens is 2. The van der Waals surface area contributed by atoms with Gasteiger partial charge in [-0.25, -0.2) is 0 Å². The largest absolute Gasteiger partial charge is 1.00 e. The number of hydrogen-bond donors (Lipinski definition) is 0. The molecule has 1 aromatic rings. The van der Waals surface area contributed by atoms with Crippen molar-refractivity contribution < 1.29 is 30.9 Å². The molecule has 4 heteroatoms. The summed E-state index contributed by atoms with van der Waals surface area (Å²) in [5, 5.41) is 0.701. The van der Waals surface area contributed by atoms with Gasteiger partial charge in [0.1, 0.15) is 0 Å². The SMILES string of the molecule is [2H]c1ccc(Cl)c(Cl)c1[S-].[Na+]. The van der Waals surface area contributed by atoms with Gasteiger partial charge in [0.05, 0.1) is 6.39 Å². The van der Waals surface area contributed by atoms with Gasteiger partial charge >= 0.3 is 29.6 Å². The summed E-state index contributed by atoms with van der Waals surface area (Å²) in [6.07, 6.45) is 0. The summed E-state index contributed by atoms with van der Waals surface area (Å²) < 4.78 is 7.21. The molecule has 0 saturated heterocycles. The molecule has 0 aromatic heterocycles. The van der Waals surface area contributed by atoms with Crippen LogP contribution in [0, 0.1) is 0 Å². The molecule has 0 aliphatic carbocycles. The fourth-order valence-electron chi connectivity index (χ4n) is 0.436. The molecule has 0 spiro atoms. The Bertz CT molecular complexity index is 240. The van der Waals surface area contributed by atoms with E-state index in [1.165, 1.54) is 6.07 Å². The quantitative estimate of drug-likeness (QED) is 0.418. The smallest absolute Gasteiger partial charge is 0.778 e. The number of rotatable bonds is 0. The van der Waals surface area contributed by atoms with Gasteiger partial charge in [0.25, 0.3) is 0 Å². The molecule has 0 unspecified atom stereocenters. The van der Waals surface area contributed by atoms with Crippen LogP contribution in [0.5, 0.6) is 0 Å². The summed E-state index contributed by atoms with van der Waals surface area (Å²) in [7, 11) is 0. The summed E-state index contributed by atoms with van der Waals surface area (Å²) >= 11 is 16.0. The first-order chi connectivity index (χ1) is 4.63. The first-order valence-corrected chi connectivity index (χ1v) is 3.41. The van der Waals surface area contributed by atoms with E-state index < -0.39 is 0 Å². The van der Waals surface area contributed by atoms with Gasteiger partial charge in [0, 0.05) is 5.02 Å². The zero-order valence-corrected chi connectivity index (χ0v) is 9.65. The van der Waals surface area contributed by atoms with Crippen LogP contribution in [-0.2, 0) is 12.6 Å². The van der Waals surface area contributed by atoms with Crippen molar-refractivity contribution in [3.63, 3.8) is 0 Å². The Balaban J connectivity index is 0.000001000. The van der Waals surface area contributed by atoms with Gasteiger partial charge in [-0.05, 0) is 6.07 Å². The van der Waals surface area contributed by atoms with Crippen LogP contribution in [0.15, 0.2) is 23.1 Å². The first-order valence-electron chi connectivity index (χ1n) is 2.74. The van der Waals surface area contributed by atoms with Crippen molar-refractivity contribution >= 4 is 35.8 Å². The van der Waals surface area contributed by atoms with Crippen molar-refractivity contribution in [2.45, 2.75) is 4.90 Å². The predicted octanol–water partition coefficient (Wildman–Crippen LogP) is -0.0968. The fraction of sp³-hybridized carbons (Fsp3) is 0. The topological polar surface area (TPSA) is 0 Å². The summed E-state index contributed by atoms with van der Waals surface area (Å²) in [6, 6.07) is 3.32. The summed E-state index contributed by atoms with van der Waals surface area (Å²) in [4.78, 5) is 0.314. The summed E-state index contributed by atoms with van der Waals surface area (Å²) in [6.45, 7) is 0. The molecule has 0 saturated carbocycles. The molecule has 10 heavy (non-hydrogen) atoms. The average molecular weight is 202 g/mol. The third-order valence-electron chi connectivity index (χ3n) is 0.853. The monoisotopic (exact) mass is 201 g/mol. The van der Waals surface area contributed by atoms with E-state index in [-0.39, 0.29) is 35.6 Å². The molecule has 0 aliphatic heterocycles. The minimum Gasteiger partial charge on any atom is -0.778 e. The Kier molecular flexibility index (Phi) is 4.38. The van der Waals surface area contributed by atoms with Crippen molar-refractivity contribution in [3.05, 3.63) is 28.2 Å². The Morgan fingerprint density at radius 1 is 1.50 bits per heavy atom. The zero-order chi connectivity index (χ0) is 7.72. The molecule has 0 aliphatic rings. The van der Waals surface area contributed by atoms with Crippen LogP contribution in [-0.4, -0.2) is 0 Å². The van der Waals surface area contributed by atoms with E-state index in [2.05, 4.69) is 0 Å². The molecule has 1 rings (SSSR count). The molecule has 0 radical (unpaired) electrons. The van der Waals surface area contributed by atoms with Crippen LogP contribution < -0.4 is 29.6 Å². The van der Waals surface area contributed by atoms with Crippen LogP contribution in [0.2, 0.25) is 10.0 Å². The molecule has 48 valence electrons. The molecule has 1 aromatic carbocycles. The molecule has 0 amide bonds. The van der Waals surface area contributed by atoms with Crippen LogP contribution in [0.4, 0.5) is 0 Å². The number of hydrogen-bond acceptors (Lipinski definition) is 1. The normalized spacial score (nSPS) is 10.0. The molecule has 0 atom stereocenters. The van der Waals surface area contributed by atoms with E-state index in [1.54, 1.807) is 6.07 Å². The van der Waals surface area contributed by atoms with Crippen LogP contribution in [0.1, 0.15) is 1.37 Å². The maximum absolute atomic E-state index is 7.21. The predicted molar refractivity (Wildman–Crippen MR) is 42.1 cm³/mol. The van der Waals surface area contributed by atoms with E-state index in [0.717, 1.165) is 0 Å². The molecule has 0 heterocycles. The van der Waals surface area contributed by atoms with E-state index in [0.29, 0.717) is 14.9 Å². The van der Waals surface area contributed by atoms with Crippen LogP contribution >= 0.6 is 23.2 Å². The van der Waals surface area contributed by atoms with Gasteiger partial charge in [-0.2, -0.15) is 4.90 Å². The van der Waals surface area contributed by atoms with Crippen molar-refractivity contribution in [2.75, 3.05) is 0 Å². The Labute approximate surface area is 99.0 Å². The number of benzene rings is 1. The third-order valence-corrected chi connectivity index (χ3v) is 2.09. The van der Waals surface area contributed by atoms with Gasteiger partial charge in [-0.15, -0.1) is 0 Å². The van der Waals surface area contributed by atoms with Crippen molar-refractivity contribution in [3.8, 4) is 0 Å². The molecule has 0 fully saturated rings. The standard InChI is InChI=1S/C6H4Cl2S.Na/c7-4-2-1-3-5(9)6(4)8;/h1-3,9H;/q;+1/p-1/i3D;. The second-order valence-corrected chi connectivity index (χ2v) is 2.66. The molecule has 0 nitrogen and oxygen atoms in total. The average Bonchev–Trinajstić information content (AvgIpc) is 1.93. The van der Waals surface area contributed by atoms with Gasteiger partial charge in [-0.3, -0.25) is 0 Å². The Hall–Kier alpha value is 1.02. The van der Waals surface area contributed by atoms with Crippen LogP contribution in [0.25, 0.3) is 0 Å². The first kappa shape index (κ1) is 9.11. The second kappa shape index (κ2) is 4.81. The van der Waals surface area contributed by atoms with Crippen LogP contribution in [0.3, 0.4) is 0 Å². The van der Waals surface area contributed by atoms with Crippen molar-refractivity contribution in [1.82, 2.24) is 0 Å². The second-order valence-electron chi connectivity index (χ2n) is 1.47. The Morgan fingerprint density at radius 3 is 2.60 bits per heavy atom. The maximum atomic E-state index is 7.21. The van der Waals surface area contributed by atoms with E-state index in [9.17, 15) is 0 Å². The molecule has 0 bridgehead atoms. The zero-order valence-electron chi connectivity index (χ0n) is 6.32. The van der Waals surface area contributed by atoms with Gasteiger partial charge in [0.15, 0.2) is 0 Å². The minimum atomic E-state index is 0.